The highest BCUT2D eigenvalue weighted by Crippen LogP contribution is 2.37. The first-order chi connectivity index (χ1) is 13.2. The van der Waals surface area contributed by atoms with E-state index in [-0.39, 0.29) is 17.9 Å². The van der Waals surface area contributed by atoms with E-state index in [9.17, 15) is 4.79 Å². The van der Waals surface area contributed by atoms with Gasteiger partial charge in [0, 0.05) is 47.0 Å². The zero-order valence-electron chi connectivity index (χ0n) is 17.0. The van der Waals surface area contributed by atoms with Crippen LogP contribution >= 0.6 is 11.6 Å². The first-order valence-corrected chi connectivity index (χ1v) is 8.80. The van der Waals surface area contributed by atoms with Crippen LogP contribution in [0.4, 0.5) is 11.4 Å². The fraction of sp³-hybridized carbons (Fsp3) is 0.350. The number of hydrogen-bond donors (Lipinski definition) is 2. The third kappa shape index (κ3) is 2.70. The second kappa shape index (κ2) is 6.04. The fourth-order valence-electron chi connectivity index (χ4n) is 3.67. The van der Waals surface area contributed by atoms with Crippen LogP contribution in [0.25, 0.3) is 0 Å². The van der Waals surface area contributed by atoms with Crippen LogP contribution in [0.1, 0.15) is 27.2 Å². The minimum absolute atomic E-state index is 0.216. The average Bonchev–Trinajstić information content (AvgIpc) is 2.59. The molecule has 2 aliphatic heterocycles. The first kappa shape index (κ1) is 13.2. The summed E-state index contributed by atoms with van der Waals surface area (Å²) in [6.07, 6.45) is 0.773. The molecule has 0 aromatic heterocycles. The molecule has 2 aromatic carbocycles. The number of benzene rings is 2. The molecule has 0 spiro atoms. The molecule has 1 amide bonds. The first-order valence-electron chi connectivity index (χ1n) is 9.92. The van der Waals surface area contributed by atoms with Crippen molar-refractivity contribution in [3.05, 3.63) is 58.1 Å². The van der Waals surface area contributed by atoms with E-state index in [1.807, 2.05) is 31.2 Å². The SMILES string of the molecule is [2H]C([2H])([2H])N1C(=O)CCc2ccc(NC3(c4cccc(Cl)c4C)CNC3)cc21. The van der Waals surface area contributed by atoms with Crippen molar-refractivity contribution >= 4 is 28.9 Å². The van der Waals surface area contributed by atoms with Gasteiger partial charge in [-0.1, -0.05) is 29.8 Å². The van der Waals surface area contributed by atoms with Crippen molar-refractivity contribution < 1.29 is 8.91 Å². The molecule has 2 aromatic rings. The summed E-state index contributed by atoms with van der Waals surface area (Å²) in [7, 11) is 0. The van der Waals surface area contributed by atoms with Crippen LogP contribution in [-0.4, -0.2) is 26.0 Å². The van der Waals surface area contributed by atoms with Gasteiger partial charge >= 0.3 is 0 Å². The molecular formula is C20H22ClN3O. The Kier molecular flexibility index (Phi) is 3.19. The monoisotopic (exact) mass is 358 g/mol. The van der Waals surface area contributed by atoms with Crippen LogP contribution in [0.15, 0.2) is 36.4 Å². The van der Waals surface area contributed by atoms with Gasteiger partial charge in [-0.05, 0) is 48.2 Å². The predicted octanol–water partition coefficient (Wildman–Crippen LogP) is 3.47. The molecule has 1 fully saturated rings. The highest BCUT2D eigenvalue weighted by molar-refractivity contribution is 6.31. The molecule has 0 unspecified atom stereocenters. The van der Waals surface area contributed by atoms with Crippen LogP contribution in [-0.2, 0) is 16.8 Å². The topological polar surface area (TPSA) is 44.4 Å². The van der Waals surface area contributed by atoms with Gasteiger partial charge in [0.05, 0.1) is 5.54 Å². The van der Waals surface area contributed by atoms with Crippen molar-refractivity contribution in [3.8, 4) is 0 Å². The number of amides is 1. The van der Waals surface area contributed by atoms with Crippen molar-refractivity contribution in [2.24, 2.45) is 0 Å². The molecule has 2 heterocycles. The smallest absolute Gasteiger partial charge is 0.227 e. The number of carbonyl (C=O) groups excluding carboxylic acids is 1. The zero-order chi connectivity index (χ0) is 20.1. The Morgan fingerprint density at radius 2 is 2.12 bits per heavy atom. The summed E-state index contributed by atoms with van der Waals surface area (Å²) >= 11 is 6.33. The molecule has 4 rings (SSSR count). The standard InChI is InChI=1S/C20H22ClN3O/c1-13-16(4-3-5-17(13)21)20(11-22-12-20)23-15-8-6-14-7-9-19(25)24(2)18(14)10-15/h3-6,8,10,22-23H,7,9,11-12H2,1-2H3/i2D3. The van der Waals surface area contributed by atoms with E-state index in [1.54, 1.807) is 6.07 Å². The van der Waals surface area contributed by atoms with E-state index in [2.05, 4.69) is 16.7 Å². The lowest BCUT2D eigenvalue weighted by Gasteiger charge is -2.45. The number of halogens is 1. The van der Waals surface area contributed by atoms with Crippen molar-refractivity contribution in [2.75, 3.05) is 30.3 Å². The quantitative estimate of drug-likeness (QED) is 0.883. The third-order valence-electron chi connectivity index (χ3n) is 5.20. The summed E-state index contributed by atoms with van der Waals surface area (Å²) in [5.41, 5.74) is 3.93. The molecule has 5 heteroatoms. The number of hydrogen-bond acceptors (Lipinski definition) is 3. The fourth-order valence-corrected chi connectivity index (χ4v) is 3.85. The number of nitrogens with one attached hydrogen (secondary N) is 2. The van der Waals surface area contributed by atoms with Gasteiger partial charge in [-0.25, -0.2) is 0 Å². The van der Waals surface area contributed by atoms with Gasteiger partial charge in [-0.2, -0.15) is 0 Å². The highest BCUT2D eigenvalue weighted by Gasteiger charge is 2.40. The molecule has 0 aliphatic carbocycles. The lowest BCUT2D eigenvalue weighted by molar-refractivity contribution is -0.118. The minimum atomic E-state index is -2.50. The van der Waals surface area contributed by atoms with E-state index in [0.29, 0.717) is 12.1 Å². The maximum atomic E-state index is 12.3. The molecule has 2 N–H and O–H groups in total. The molecule has 4 nitrogen and oxygen atoms in total. The molecule has 25 heavy (non-hydrogen) atoms. The minimum Gasteiger partial charge on any atom is -0.373 e. The van der Waals surface area contributed by atoms with Crippen molar-refractivity contribution in [2.45, 2.75) is 25.3 Å². The van der Waals surface area contributed by atoms with E-state index < -0.39 is 6.98 Å². The average molecular weight is 359 g/mol. The van der Waals surface area contributed by atoms with E-state index in [1.165, 1.54) is 0 Å². The Labute approximate surface area is 157 Å². The van der Waals surface area contributed by atoms with Gasteiger partial charge in [0.2, 0.25) is 5.91 Å². The second-order valence-corrected chi connectivity index (χ2v) is 7.20. The van der Waals surface area contributed by atoms with Crippen molar-refractivity contribution in [3.63, 3.8) is 0 Å². The van der Waals surface area contributed by atoms with Crippen LogP contribution < -0.4 is 15.5 Å². The summed E-state index contributed by atoms with van der Waals surface area (Å²) in [6, 6.07) is 11.5. The van der Waals surface area contributed by atoms with Gasteiger partial charge in [0.15, 0.2) is 0 Å². The van der Waals surface area contributed by atoms with Gasteiger partial charge in [0.1, 0.15) is 0 Å². The second-order valence-electron chi connectivity index (χ2n) is 6.80. The van der Waals surface area contributed by atoms with Crippen LogP contribution in [0.2, 0.25) is 5.02 Å². The van der Waals surface area contributed by atoms with E-state index in [0.717, 1.165) is 45.4 Å². The number of anilines is 2. The Bertz CT molecular complexity index is 941. The normalized spacial score (nSPS) is 20.8. The van der Waals surface area contributed by atoms with Crippen LogP contribution in [0, 0.1) is 6.92 Å². The third-order valence-corrected chi connectivity index (χ3v) is 5.61. The Hall–Kier alpha value is -2.04. The molecule has 0 bridgehead atoms. The number of carbonyl (C=O) groups is 1. The number of aryl methyl sites for hydroxylation is 1. The van der Waals surface area contributed by atoms with Crippen molar-refractivity contribution in [1.29, 1.82) is 0 Å². The summed E-state index contributed by atoms with van der Waals surface area (Å²) in [6.45, 7) is 0.964. The Balaban J connectivity index is 1.72. The van der Waals surface area contributed by atoms with Crippen molar-refractivity contribution in [1.82, 2.24) is 5.32 Å². The largest absolute Gasteiger partial charge is 0.373 e. The maximum Gasteiger partial charge on any atom is 0.227 e. The lowest BCUT2D eigenvalue weighted by atomic mass is 9.81. The van der Waals surface area contributed by atoms with Gasteiger partial charge < -0.3 is 15.5 Å². The molecule has 0 saturated carbocycles. The summed E-state index contributed by atoms with van der Waals surface area (Å²) in [5, 5.41) is 7.60. The van der Waals surface area contributed by atoms with E-state index >= 15 is 0 Å². The molecule has 0 atom stereocenters. The number of nitrogens with zero attached hydrogens (tertiary/aromatic N) is 1. The summed E-state index contributed by atoms with van der Waals surface area (Å²) < 4.78 is 23.3. The summed E-state index contributed by atoms with van der Waals surface area (Å²) in [5.74, 6) is -0.365. The summed E-state index contributed by atoms with van der Waals surface area (Å²) in [4.78, 5) is 13.2. The lowest BCUT2D eigenvalue weighted by Crippen LogP contribution is -2.61. The van der Waals surface area contributed by atoms with Gasteiger partial charge in [-0.15, -0.1) is 0 Å². The zero-order valence-corrected chi connectivity index (χ0v) is 14.8. The van der Waals surface area contributed by atoms with Crippen LogP contribution in [0.5, 0.6) is 0 Å². The molecule has 130 valence electrons. The Morgan fingerprint density at radius 1 is 1.28 bits per heavy atom. The van der Waals surface area contributed by atoms with E-state index in [4.69, 9.17) is 15.7 Å². The molecule has 1 saturated heterocycles. The number of rotatable bonds is 3. The molecule has 2 aliphatic rings. The number of fused-ring (bicyclic) bond motifs is 1. The van der Waals surface area contributed by atoms with Gasteiger partial charge in [-0.3, -0.25) is 4.79 Å². The molecule has 0 radical (unpaired) electrons. The van der Waals surface area contributed by atoms with Crippen LogP contribution in [0.3, 0.4) is 0 Å². The maximum absolute atomic E-state index is 12.3. The highest BCUT2D eigenvalue weighted by atomic mass is 35.5. The Morgan fingerprint density at radius 3 is 2.84 bits per heavy atom. The molecular weight excluding hydrogens is 334 g/mol. The predicted molar refractivity (Wildman–Crippen MR) is 103 cm³/mol. The van der Waals surface area contributed by atoms with Gasteiger partial charge in [0.25, 0.3) is 0 Å².